The minimum atomic E-state index is 1.82. The minimum absolute atomic E-state index is 1.82. The van der Waals surface area contributed by atoms with E-state index >= 15 is 0 Å². The predicted octanol–water partition coefficient (Wildman–Crippen LogP) is 0.698. The van der Waals surface area contributed by atoms with Crippen molar-refractivity contribution in [2.24, 2.45) is 0 Å². The van der Waals surface area contributed by atoms with Crippen LogP contribution in [0, 0.1) is 6.54 Å². The van der Waals surface area contributed by atoms with Crippen molar-refractivity contribution in [3.05, 3.63) is 31.0 Å². The van der Waals surface area contributed by atoms with Crippen LogP contribution in [0.1, 0.15) is 0 Å². The molecule has 0 aromatic rings. The molecule has 0 spiro atoms. The maximum absolute atomic E-state index is 2.77. The quantitative estimate of drug-likeness (QED) is 0.450. The molecule has 6 heavy (non-hydrogen) atoms. The molecule has 1 aliphatic heterocycles. The molecular weight excluding hydrogens is 74.1 g/mol. The number of hydrogen-bond acceptors (Lipinski definition) is 1. The van der Waals surface area contributed by atoms with Crippen LogP contribution < -0.4 is 5.32 Å². The van der Waals surface area contributed by atoms with Crippen molar-refractivity contribution in [3.8, 4) is 0 Å². The second-order valence-corrected chi connectivity index (χ2v) is 1.01. The summed E-state index contributed by atoms with van der Waals surface area (Å²) in [5.41, 5.74) is 0. The molecule has 0 aromatic carbocycles. The monoisotopic (exact) mass is 79.0 g/mol. The van der Waals surface area contributed by atoms with Crippen LogP contribution in [-0.2, 0) is 0 Å². The van der Waals surface area contributed by atoms with Crippen LogP contribution >= 0.6 is 0 Å². The van der Waals surface area contributed by atoms with Gasteiger partial charge in [0.05, 0.1) is 0 Å². The van der Waals surface area contributed by atoms with Gasteiger partial charge in [-0.2, -0.15) is 0 Å². The molecule has 1 heterocycles. The maximum Gasteiger partial charge on any atom is 0.115 e. The molecule has 0 bridgehead atoms. The summed E-state index contributed by atoms with van der Waals surface area (Å²) in [5, 5.41) is 2.77. The van der Waals surface area contributed by atoms with E-state index in [1.54, 1.807) is 0 Å². The topological polar surface area (TPSA) is 12.0 Å². The third kappa shape index (κ3) is 0.612. The molecule has 0 fully saturated rings. The summed E-state index contributed by atoms with van der Waals surface area (Å²) in [6, 6.07) is 0. The lowest BCUT2D eigenvalue weighted by atomic mass is 10.4. The predicted molar refractivity (Wildman–Crippen MR) is 24.7 cm³/mol. The maximum atomic E-state index is 2.77. The fourth-order valence-electron chi connectivity index (χ4n) is 0.304. The zero-order valence-corrected chi connectivity index (χ0v) is 3.31. The molecule has 0 unspecified atom stereocenters. The van der Waals surface area contributed by atoms with E-state index in [4.69, 9.17) is 0 Å². The first-order valence-corrected chi connectivity index (χ1v) is 1.83. The lowest BCUT2D eigenvalue weighted by Crippen LogP contribution is -1.98. The van der Waals surface area contributed by atoms with E-state index in [9.17, 15) is 0 Å². The SMILES string of the molecule is [C]1C=CC=CN1. The van der Waals surface area contributed by atoms with Gasteiger partial charge in [0.25, 0.3) is 0 Å². The van der Waals surface area contributed by atoms with E-state index in [-0.39, 0.29) is 0 Å². The fraction of sp³-hybridized carbons (Fsp3) is 0. The third-order valence-electron chi connectivity index (χ3n) is 0.554. The van der Waals surface area contributed by atoms with E-state index in [1.807, 2.05) is 24.4 Å². The molecule has 1 N–H and O–H groups in total. The number of rotatable bonds is 0. The molecule has 0 amide bonds. The van der Waals surface area contributed by atoms with Crippen LogP contribution in [0.5, 0.6) is 0 Å². The summed E-state index contributed by atoms with van der Waals surface area (Å²) in [6.07, 6.45) is 7.47. The Balaban J connectivity index is 2.46. The van der Waals surface area contributed by atoms with Crippen molar-refractivity contribution >= 4 is 0 Å². The highest BCUT2D eigenvalue weighted by Crippen LogP contribution is 1.83. The Bertz CT molecular complexity index is 69.9. The Morgan fingerprint density at radius 2 is 2.33 bits per heavy atom. The molecule has 1 nitrogen and oxygen atoms in total. The summed E-state index contributed by atoms with van der Waals surface area (Å²) in [4.78, 5) is 0. The smallest absolute Gasteiger partial charge is 0.115 e. The van der Waals surface area contributed by atoms with E-state index < -0.39 is 0 Å². The molecule has 1 heteroatoms. The van der Waals surface area contributed by atoms with E-state index in [0.717, 1.165) is 0 Å². The molecule has 2 radical (unpaired) electrons. The summed E-state index contributed by atoms with van der Waals surface area (Å²) >= 11 is 0. The molecule has 1 rings (SSSR count). The second-order valence-electron chi connectivity index (χ2n) is 1.01. The third-order valence-corrected chi connectivity index (χ3v) is 0.554. The van der Waals surface area contributed by atoms with Gasteiger partial charge in [-0.15, -0.1) is 0 Å². The summed E-state index contributed by atoms with van der Waals surface area (Å²) < 4.78 is 0. The van der Waals surface area contributed by atoms with Gasteiger partial charge in [-0.25, -0.2) is 0 Å². The van der Waals surface area contributed by atoms with Gasteiger partial charge in [0.1, 0.15) is 6.54 Å². The Labute approximate surface area is 37.4 Å². The normalized spacial score (nSPS) is 17.3. The highest BCUT2D eigenvalue weighted by molar-refractivity contribution is 5.12. The van der Waals surface area contributed by atoms with Crippen LogP contribution in [0.2, 0.25) is 0 Å². The van der Waals surface area contributed by atoms with Crippen molar-refractivity contribution < 1.29 is 0 Å². The van der Waals surface area contributed by atoms with Crippen molar-refractivity contribution in [2.75, 3.05) is 0 Å². The average molecular weight is 79.1 g/mol. The van der Waals surface area contributed by atoms with E-state index in [1.165, 1.54) is 0 Å². The first kappa shape index (κ1) is 3.47. The molecule has 0 aromatic heterocycles. The van der Waals surface area contributed by atoms with Crippen LogP contribution in [0.3, 0.4) is 0 Å². The molecule has 0 aliphatic carbocycles. The van der Waals surface area contributed by atoms with E-state index in [2.05, 4.69) is 11.9 Å². The first-order chi connectivity index (χ1) is 3.00. The minimum Gasteiger partial charge on any atom is -0.377 e. The average Bonchev–Trinajstić information content (AvgIpc) is 1.72. The largest absolute Gasteiger partial charge is 0.377 e. The first-order valence-electron chi connectivity index (χ1n) is 1.83. The Morgan fingerprint density at radius 1 is 1.33 bits per heavy atom. The number of hydrogen-bond donors (Lipinski definition) is 1. The Hall–Kier alpha value is -0.720. The van der Waals surface area contributed by atoms with Gasteiger partial charge in [-0.05, 0) is 12.3 Å². The zero-order chi connectivity index (χ0) is 4.24. The van der Waals surface area contributed by atoms with Gasteiger partial charge in [-0.3, -0.25) is 0 Å². The van der Waals surface area contributed by atoms with Crippen molar-refractivity contribution in [3.63, 3.8) is 0 Å². The number of dihydropyridines is 1. The summed E-state index contributed by atoms with van der Waals surface area (Å²) in [5.74, 6) is 0. The number of nitrogens with one attached hydrogen (secondary N) is 1. The van der Waals surface area contributed by atoms with Crippen LogP contribution in [0.4, 0.5) is 0 Å². The van der Waals surface area contributed by atoms with Crippen molar-refractivity contribution in [1.29, 1.82) is 0 Å². The Morgan fingerprint density at radius 3 is 2.50 bits per heavy atom. The highest BCUT2D eigenvalue weighted by Gasteiger charge is 1.76. The molecule has 0 saturated heterocycles. The highest BCUT2D eigenvalue weighted by atomic mass is 14.8. The summed E-state index contributed by atoms with van der Waals surface area (Å²) in [7, 11) is 0. The van der Waals surface area contributed by atoms with Crippen LogP contribution in [0.25, 0.3) is 0 Å². The Kier molecular flexibility index (Phi) is 0.955. The van der Waals surface area contributed by atoms with Crippen molar-refractivity contribution in [1.82, 2.24) is 5.32 Å². The molecular formula is C5H5N. The lowest BCUT2D eigenvalue weighted by molar-refractivity contribution is 1.09. The van der Waals surface area contributed by atoms with Crippen molar-refractivity contribution in [2.45, 2.75) is 0 Å². The molecule has 0 saturated carbocycles. The molecule has 0 atom stereocenters. The van der Waals surface area contributed by atoms with Gasteiger partial charge < -0.3 is 5.32 Å². The number of allylic oxidation sites excluding steroid dienone is 2. The second kappa shape index (κ2) is 1.65. The summed E-state index contributed by atoms with van der Waals surface area (Å²) in [6.45, 7) is 2.77. The van der Waals surface area contributed by atoms with Crippen LogP contribution in [0.15, 0.2) is 24.4 Å². The molecule has 1 aliphatic rings. The fourth-order valence-corrected chi connectivity index (χ4v) is 0.304. The molecule has 30 valence electrons. The zero-order valence-electron chi connectivity index (χ0n) is 3.31. The van der Waals surface area contributed by atoms with Gasteiger partial charge in [-0.1, -0.05) is 12.2 Å². The standard InChI is InChI=1S/C5H5N/c1-2-4-6-5-3-1/h1-4,6H. The van der Waals surface area contributed by atoms with Crippen LogP contribution in [-0.4, -0.2) is 0 Å². The lowest BCUT2D eigenvalue weighted by Gasteiger charge is -1.92. The van der Waals surface area contributed by atoms with Gasteiger partial charge >= 0.3 is 0 Å². The van der Waals surface area contributed by atoms with Gasteiger partial charge in [0.2, 0.25) is 0 Å². The van der Waals surface area contributed by atoms with Gasteiger partial charge in [0.15, 0.2) is 0 Å². The van der Waals surface area contributed by atoms with Gasteiger partial charge in [0, 0.05) is 0 Å². The van der Waals surface area contributed by atoms with E-state index in [0.29, 0.717) is 0 Å².